The molecule has 0 spiro atoms. The first-order chi connectivity index (χ1) is 7.10. The lowest BCUT2D eigenvalue weighted by atomic mass is 10.1. The molecule has 1 rings (SSSR count). The number of rotatable bonds is 3. The van der Waals surface area contributed by atoms with Gasteiger partial charge in [-0.15, -0.1) is 0 Å². The molecule has 0 bridgehead atoms. The Morgan fingerprint density at radius 2 is 2.20 bits per heavy atom. The maximum atomic E-state index is 12.7. The molecule has 0 aliphatic carbocycles. The number of halogens is 4. The number of aromatic nitrogens is 1. The zero-order valence-electron chi connectivity index (χ0n) is 7.48. The van der Waals surface area contributed by atoms with Crippen LogP contribution in [0.1, 0.15) is 23.2 Å². The summed E-state index contributed by atoms with van der Waals surface area (Å²) in [6.07, 6.45) is -2.72. The first kappa shape index (κ1) is 12.5. The van der Waals surface area contributed by atoms with E-state index >= 15 is 0 Å². The van der Waals surface area contributed by atoms with Gasteiger partial charge < -0.3 is 0 Å². The van der Waals surface area contributed by atoms with Gasteiger partial charge in [0.05, 0.1) is 18.2 Å². The highest BCUT2D eigenvalue weighted by Gasteiger charge is 2.19. The van der Waals surface area contributed by atoms with Crippen molar-refractivity contribution in [2.75, 3.05) is 0 Å². The lowest BCUT2D eigenvalue weighted by Gasteiger charge is -2.10. The second-order valence-electron chi connectivity index (χ2n) is 2.73. The van der Waals surface area contributed by atoms with Gasteiger partial charge in [0.15, 0.2) is 0 Å². The van der Waals surface area contributed by atoms with Crippen molar-refractivity contribution in [3.8, 4) is 6.07 Å². The summed E-state index contributed by atoms with van der Waals surface area (Å²) in [4.78, 5) is 3.89. The summed E-state index contributed by atoms with van der Waals surface area (Å²) in [7, 11) is 0. The Balaban J connectivity index is 3.34. The Kier molecular flexibility index (Phi) is 4.61. The predicted molar refractivity (Wildman–Crippen MR) is 58.8 cm³/mol. The van der Waals surface area contributed by atoms with Crippen molar-refractivity contribution in [1.29, 1.82) is 5.26 Å². The summed E-state index contributed by atoms with van der Waals surface area (Å²) in [5, 5.41) is 8.83. The van der Waals surface area contributed by atoms with Crippen LogP contribution in [0.15, 0.2) is 10.7 Å². The van der Waals surface area contributed by atoms with Gasteiger partial charge in [-0.05, 0) is 27.6 Å². The van der Waals surface area contributed by atoms with Crippen LogP contribution in [0.5, 0.6) is 0 Å². The van der Waals surface area contributed by atoms with Crippen LogP contribution in [0.25, 0.3) is 0 Å². The zero-order chi connectivity index (χ0) is 11.4. The predicted octanol–water partition coefficient (Wildman–Crippen LogP) is 3.74. The molecule has 0 atom stereocenters. The molecular formula is C9H6Br2F2N2. The van der Waals surface area contributed by atoms with Crippen LogP contribution in [0.3, 0.4) is 0 Å². The minimum absolute atomic E-state index is 0.112. The lowest BCUT2D eigenvalue weighted by Crippen LogP contribution is -2.03. The molecule has 0 saturated heterocycles. The molecule has 0 aromatic carbocycles. The third kappa shape index (κ3) is 2.95. The van der Waals surface area contributed by atoms with E-state index in [9.17, 15) is 8.78 Å². The molecular weight excluding hydrogens is 334 g/mol. The van der Waals surface area contributed by atoms with Crippen molar-refractivity contribution in [2.45, 2.75) is 18.2 Å². The number of nitrogens with zero attached hydrogens (tertiary/aromatic N) is 2. The highest BCUT2D eigenvalue weighted by Crippen LogP contribution is 2.29. The summed E-state index contributed by atoms with van der Waals surface area (Å²) < 4.78 is 26.0. The average Bonchev–Trinajstić information content (AvgIpc) is 2.16. The molecule has 0 unspecified atom stereocenters. The molecule has 1 aromatic rings. The van der Waals surface area contributed by atoms with E-state index in [0.29, 0.717) is 15.5 Å². The third-order valence-electron chi connectivity index (χ3n) is 1.80. The van der Waals surface area contributed by atoms with Crippen LogP contribution in [-0.4, -0.2) is 4.98 Å². The topological polar surface area (TPSA) is 36.7 Å². The number of alkyl halides is 3. The maximum Gasteiger partial charge on any atom is 0.265 e. The van der Waals surface area contributed by atoms with Crippen LogP contribution in [0, 0.1) is 11.3 Å². The van der Waals surface area contributed by atoms with Crippen LogP contribution in [0.2, 0.25) is 0 Å². The molecule has 0 saturated carbocycles. The summed E-state index contributed by atoms with van der Waals surface area (Å²) in [6.45, 7) is 0. The highest BCUT2D eigenvalue weighted by atomic mass is 79.9. The third-order valence-corrected chi connectivity index (χ3v) is 2.81. The molecule has 0 amide bonds. The van der Waals surface area contributed by atoms with Crippen molar-refractivity contribution in [3.63, 3.8) is 0 Å². The first-order valence-electron chi connectivity index (χ1n) is 3.99. The molecule has 0 fully saturated rings. The summed E-state index contributed by atoms with van der Waals surface area (Å²) in [6, 6.07) is 3.35. The molecule has 0 aliphatic heterocycles. The van der Waals surface area contributed by atoms with Crippen LogP contribution < -0.4 is 0 Å². The molecule has 6 heteroatoms. The van der Waals surface area contributed by atoms with E-state index in [1.165, 1.54) is 6.07 Å². The number of hydrogen-bond donors (Lipinski definition) is 0. The Morgan fingerprint density at radius 3 is 2.67 bits per heavy atom. The minimum atomic E-state index is -2.61. The SMILES string of the molecule is N#CCc1nc(Br)cc(CBr)c1C(F)F. The Hall–Kier alpha value is -0.540. The van der Waals surface area contributed by atoms with Gasteiger partial charge in [0, 0.05) is 10.9 Å². The van der Waals surface area contributed by atoms with E-state index in [4.69, 9.17) is 5.26 Å². The number of nitriles is 1. The summed E-state index contributed by atoms with van der Waals surface area (Å²) >= 11 is 6.25. The average molecular weight is 340 g/mol. The first-order valence-corrected chi connectivity index (χ1v) is 5.90. The summed E-state index contributed by atoms with van der Waals surface area (Å²) in [5.74, 6) is 0. The van der Waals surface area contributed by atoms with Crippen LogP contribution >= 0.6 is 31.9 Å². The Morgan fingerprint density at radius 1 is 1.53 bits per heavy atom. The van der Waals surface area contributed by atoms with Crippen molar-refractivity contribution < 1.29 is 8.78 Å². The Bertz CT molecular complexity index is 402. The largest absolute Gasteiger partial charge is 0.265 e. The van der Waals surface area contributed by atoms with Gasteiger partial charge in [-0.2, -0.15) is 5.26 Å². The fourth-order valence-electron chi connectivity index (χ4n) is 1.21. The molecule has 2 nitrogen and oxygen atoms in total. The lowest BCUT2D eigenvalue weighted by molar-refractivity contribution is 0.149. The molecule has 1 heterocycles. The van der Waals surface area contributed by atoms with E-state index < -0.39 is 6.43 Å². The normalized spacial score (nSPS) is 10.4. The van der Waals surface area contributed by atoms with Gasteiger partial charge >= 0.3 is 0 Å². The summed E-state index contributed by atoms with van der Waals surface area (Å²) in [5.41, 5.74) is 0.449. The zero-order valence-corrected chi connectivity index (χ0v) is 10.6. The van der Waals surface area contributed by atoms with Gasteiger partial charge in [-0.25, -0.2) is 13.8 Å². The quantitative estimate of drug-likeness (QED) is 0.621. The second kappa shape index (κ2) is 5.52. The van der Waals surface area contributed by atoms with Gasteiger partial charge in [0.25, 0.3) is 6.43 Å². The molecule has 0 aliphatic rings. The second-order valence-corrected chi connectivity index (χ2v) is 4.11. The Labute approximate surface area is 103 Å². The van der Waals surface area contributed by atoms with Crippen molar-refractivity contribution in [1.82, 2.24) is 4.98 Å². The van der Waals surface area contributed by atoms with Gasteiger partial charge in [-0.1, -0.05) is 15.9 Å². The molecule has 0 radical (unpaired) electrons. The van der Waals surface area contributed by atoms with E-state index in [1.807, 2.05) is 6.07 Å². The van der Waals surface area contributed by atoms with Crippen molar-refractivity contribution in [3.05, 3.63) is 27.5 Å². The minimum Gasteiger partial charge on any atom is -0.244 e. The van der Waals surface area contributed by atoms with E-state index in [1.54, 1.807) is 0 Å². The van der Waals surface area contributed by atoms with Gasteiger partial charge in [0.1, 0.15) is 4.60 Å². The molecule has 80 valence electrons. The van der Waals surface area contributed by atoms with Crippen molar-refractivity contribution >= 4 is 31.9 Å². The van der Waals surface area contributed by atoms with Gasteiger partial charge in [-0.3, -0.25) is 0 Å². The number of hydrogen-bond acceptors (Lipinski definition) is 2. The smallest absolute Gasteiger partial charge is 0.244 e. The maximum absolute atomic E-state index is 12.7. The van der Waals surface area contributed by atoms with E-state index in [0.717, 1.165) is 0 Å². The fourth-order valence-corrected chi connectivity index (χ4v) is 2.17. The fraction of sp³-hybridized carbons (Fsp3) is 0.333. The van der Waals surface area contributed by atoms with Crippen LogP contribution in [0.4, 0.5) is 8.78 Å². The van der Waals surface area contributed by atoms with E-state index in [-0.39, 0.29) is 17.7 Å². The standard InChI is InChI=1S/C9H6Br2F2N2/c10-4-5-3-7(11)15-6(1-2-14)8(5)9(12)13/h3,9H,1,4H2. The molecule has 1 aromatic heterocycles. The monoisotopic (exact) mass is 338 g/mol. The highest BCUT2D eigenvalue weighted by molar-refractivity contribution is 9.10. The van der Waals surface area contributed by atoms with Crippen LogP contribution in [-0.2, 0) is 11.8 Å². The van der Waals surface area contributed by atoms with E-state index in [2.05, 4.69) is 36.8 Å². The van der Waals surface area contributed by atoms with Gasteiger partial charge in [0.2, 0.25) is 0 Å². The number of pyridine rings is 1. The molecule has 0 N–H and O–H groups in total. The van der Waals surface area contributed by atoms with Crippen molar-refractivity contribution in [2.24, 2.45) is 0 Å². The molecule has 15 heavy (non-hydrogen) atoms.